The monoisotopic (exact) mass is 283 g/mol. The first kappa shape index (κ1) is 15.9. The van der Waals surface area contributed by atoms with Gasteiger partial charge in [-0.3, -0.25) is 4.79 Å². The molecule has 0 saturated carbocycles. The van der Waals surface area contributed by atoms with Gasteiger partial charge in [0.25, 0.3) is 0 Å². The van der Waals surface area contributed by atoms with Crippen molar-refractivity contribution in [3.8, 4) is 0 Å². The third kappa shape index (κ3) is 5.53. The number of ketones is 1. The van der Waals surface area contributed by atoms with Crippen molar-refractivity contribution < 1.29 is 13.2 Å². The van der Waals surface area contributed by atoms with Crippen LogP contribution in [0, 0.1) is 5.92 Å². The van der Waals surface area contributed by atoms with E-state index in [4.69, 9.17) is 5.14 Å². The zero-order chi connectivity index (χ0) is 14.6. The van der Waals surface area contributed by atoms with Crippen LogP contribution in [0.25, 0.3) is 0 Å². The molecule has 0 aliphatic rings. The van der Waals surface area contributed by atoms with Gasteiger partial charge in [0.05, 0.1) is 0 Å². The number of rotatable bonds is 6. The van der Waals surface area contributed by atoms with Crippen LogP contribution in [0.1, 0.15) is 37.8 Å². The van der Waals surface area contributed by atoms with Crippen LogP contribution in [0.2, 0.25) is 0 Å². The number of primary sulfonamides is 1. The van der Waals surface area contributed by atoms with Crippen LogP contribution in [0.4, 0.5) is 0 Å². The van der Waals surface area contributed by atoms with E-state index in [2.05, 4.69) is 13.8 Å². The van der Waals surface area contributed by atoms with E-state index in [1.807, 2.05) is 24.3 Å². The quantitative estimate of drug-likeness (QED) is 0.865. The predicted octanol–water partition coefficient (Wildman–Crippen LogP) is 1.85. The predicted molar refractivity (Wildman–Crippen MR) is 76.4 cm³/mol. The summed E-state index contributed by atoms with van der Waals surface area (Å²) in [6.07, 6.45) is 0.986. The molecule has 1 unspecified atom stereocenters. The molecule has 0 amide bonds. The minimum absolute atomic E-state index is 0.376. The number of sulfonamides is 1. The molecule has 1 aromatic rings. The zero-order valence-electron chi connectivity index (χ0n) is 11.6. The molecule has 1 rings (SSSR count). The Kier molecular flexibility index (Phi) is 5.26. The van der Waals surface area contributed by atoms with Gasteiger partial charge in [0.15, 0.2) is 5.78 Å². The van der Waals surface area contributed by atoms with Gasteiger partial charge < -0.3 is 0 Å². The lowest BCUT2D eigenvalue weighted by Crippen LogP contribution is -2.26. The third-order valence-corrected chi connectivity index (χ3v) is 3.64. The Bertz CT molecular complexity index is 532. The summed E-state index contributed by atoms with van der Waals surface area (Å²) in [5.74, 6) is -0.861. The molecule has 0 fully saturated rings. The lowest BCUT2D eigenvalue weighted by atomic mass is 9.94. The average Bonchev–Trinajstić information content (AvgIpc) is 2.26. The lowest BCUT2D eigenvalue weighted by molar-refractivity contribution is -0.117. The van der Waals surface area contributed by atoms with Gasteiger partial charge in [0, 0.05) is 5.92 Å². The highest BCUT2D eigenvalue weighted by atomic mass is 32.2. The summed E-state index contributed by atoms with van der Waals surface area (Å²) in [6.45, 7) is 5.99. The molecule has 4 nitrogen and oxygen atoms in total. The molecule has 1 atom stereocenters. The largest absolute Gasteiger partial charge is 0.298 e. The van der Waals surface area contributed by atoms with Gasteiger partial charge in [-0.05, 0) is 23.5 Å². The molecule has 0 radical (unpaired) electrons. The molecule has 0 bridgehead atoms. The maximum Gasteiger partial charge on any atom is 0.216 e. The van der Waals surface area contributed by atoms with Crippen LogP contribution in [-0.4, -0.2) is 20.0 Å². The second-order valence-corrected chi connectivity index (χ2v) is 6.95. The lowest BCUT2D eigenvalue weighted by Gasteiger charge is -2.11. The maximum absolute atomic E-state index is 11.8. The van der Waals surface area contributed by atoms with Crippen molar-refractivity contribution in [2.75, 3.05) is 5.75 Å². The van der Waals surface area contributed by atoms with Gasteiger partial charge in [-0.25, -0.2) is 13.6 Å². The minimum Gasteiger partial charge on any atom is -0.298 e. The van der Waals surface area contributed by atoms with Gasteiger partial charge >= 0.3 is 0 Å². The van der Waals surface area contributed by atoms with Gasteiger partial charge in [0.1, 0.15) is 5.75 Å². The van der Waals surface area contributed by atoms with Crippen molar-refractivity contribution in [1.82, 2.24) is 0 Å². The van der Waals surface area contributed by atoms with E-state index in [9.17, 15) is 13.2 Å². The van der Waals surface area contributed by atoms with Crippen LogP contribution < -0.4 is 5.14 Å². The molecular formula is C14H21NO3S. The zero-order valence-corrected chi connectivity index (χ0v) is 12.4. The first-order chi connectivity index (χ1) is 8.69. The highest BCUT2D eigenvalue weighted by molar-refractivity contribution is 7.89. The van der Waals surface area contributed by atoms with Crippen LogP contribution in [-0.2, 0) is 21.2 Å². The number of nitrogens with two attached hydrogens (primary N) is 1. The third-order valence-electron chi connectivity index (χ3n) is 2.95. The highest BCUT2D eigenvalue weighted by Crippen LogP contribution is 2.18. The SMILES string of the molecule is CC(C)Cc1ccc(C(C)C(=O)CS(N)(=O)=O)cc1. The van der Waals surface area contributed by atoms with E-state index in [1.54, 1.807) is 6.92 Å². The highest BCUT2D eigenvalue weighted by Gasteiger charge is 2.19. The fraction of sp³-hybridized carbons (Fsp3) is 0.500. The number of Topliss-reactive ketones (excluding diaryl/α,β-unsaturated/α-hetero) is 1. The molecule has 0 spiro atoms. The van der Waals surface area contributed by atoms with Crippen molar-refractivity contribution in [3.63, 3.8) is 0 Å². The Labute approximate surface area is 115 Å². The molecule has 106 valence electrons. The van der Waals surface area contributed by atoms with Crippen molar-refractivity contribution in [1.29, 1.82) is 0 Å². The van der Waals surface area contributed by atoms with E-state index in [-0.39, 0.29) is 5.78 Å². The number of hydrogen-bond donors (Lipinski definition) is 1. The van der Waals surface area contributed by atoms with Gasteiger partial charge in [-0.2, -0.15) is 0 Å². The van der Waals surface area contributed by atoms with Crippen LogP contribution in [0.5, 0.6) is 0 Å². The summed E-state index contributed by atoms with van der Waals surface area (Å²) in [7, 11) is -3.75. The Hall–Kier alpha value is -1.20. The summed E-state index contributed by atoms with van der Waals surface area (Å²) in [5.41, 5.74) is 2.03. The van der Waals surface area contributed by atoms with Gasteiger partial charge in [0.2, 0.25) is 10.0 Å². The first-order valence-electron chi connectivity index (χ1n) is 6.31. The smallest absolute Gasteiger partial charge is 0.216 e. The molecule has 2 N–H and O–H groups in total. The first-order valence-corrected chi connectivity index (χ1v) is 8.02. The molecule has 0 heterocycles. The summed E-state index contributed by atoms with van der Waals surface area (Å²) >= 11 is 0. The second kappa shape index (κ2) is 6.30. The maximum atomic E-state index is 11.8. The Balaban J connectivity index is 2.77. The molecule has 0 aliphatic heterocycles. The van der Waals surface area contributed by atoms with E-state index < -0.39 is 21.7 Å². The normalized spacial score (nSPS) is 13.5. The molecule has 0 aromatic heterocycles. The summed E-state index contributed by atoms with van der Waals surface area (Å²) in [4.78, 5) is 11.8. The van der Waals surface area contributed by atoms with Crippen LogP contribution >= 0.6 is 0 Å². The van der Waals surface area contributed by atoms with Gasteiger partial charge in [-0.1, -0.05) is 45.0 Å². The van der Waals surface area contributed by atoms with E-state index in [0.29, 0.717) is 5.92 Å². The number of hydrogen-bond acceptors (Lipinski definition) is 3. The molecule has 1 aromatic carbocycles. The Morgan fingerprint density at radius 2 is 1.68 bits per heavy atom. The number of carbonyl (C=O) groups excluding carboxylic acids is 1. The standard InChI is InChI=1S/C14H21NO3S/c1-10(2)8-12-4-6-13(7-5-12)11(3)14(16)9-19(15,17)18/h4-7,10-11H,8-9H2,1-3H3,(H2,15,17,18). The summed E-state index contributed by atoms with van der Waals surface area (Å²) in [5, 5.41) is 4.88. The van der Waals surface area contributed by atoms with E-state index in [0.717, 1.165) is 12.0 Å². The molecule has 0 saturated heterocycles. The molecule has 0 aliphatic carbocycles. The van der Waals surface area contributed by atoms with Crippen molar-refractivity contribution in [2.24, 2.45) is 11.1 Å². The molecule has 19 heavy (non-hydrogen) atoms. The minimum atomic E-state index is -3.75. The molecule has 5 heteroatoms. The number of carbonyl (C=O) groups is 1. The fourth-order valence-electron chi connectivity index (χ4n) is 1.92. The summed E-state index contributed by atoms with van der Waals surface area (Å²) < 4.78 is 21.8. The van der Waals surface area contributed by atoms with E-state index in [1.165, 1.54) is 5.56 Å². The average molecular weight is 283 g/mol. The number of benzene rings is 1. The van der Waals surface area contributed by atoms with Gasteiger partial charge in [-0.15, -0.1) is 0 Å². The van der Waals surface area contributed by atoms with Crippen molar-refractivity contribution >= 4 is 15.8 Å². The van der Waals surface area contributed by atoms with Crippen molar-refractivity contribution in [2.45, 2.75) is 33.1 Å². The van der Waals surface area contributed by atoms with Crippen LogP contribution in [0.3, 0.4) is 0 Å². The Morgan fingerprint density at radius 3 is 2.11 bits per heavy atom. The fourth-order valence-corrected chi connectivity index (χ4v) is 2.57. The second-order valence-electron chi connectivity index (χ2n) is 5.33. The Morgan fingerprint density at radius 1 is 1.16 bits per heavy atom. The summed E-state index contributed by atoms with van der Waals surface area (Å²) in [6, 6.07) is 7.72. The van der Waals surface area contributed by atoms with Crippen LogP contribution in [0.15, 0.2) is 24.3 Å². The molecular weight excluding hydrogens is 262 g/mol. The van der Waals surface area contributed by atoms with Crippen molar-refractivity contribution in [3.05, 3.63) is 35.4 Å². The van der Waals surface area contributed by atoms with E-state index >= 15 is 0 Å². The topological polar surface area (TPSA) is 77.2 Å².